The Morgan fingerprint density at radius 2 is 1.83 bits per heavy atom. The van der Waals surface area contributed by atoms with Crippen LogP contribution in [0.25, 0.3) is 0 Å². The number of halogens is 2. The number of thiophene rings is 1. The SMILES string of the molecule is O=S(=O)(NC[C@H](c1ccco1)c1cccs1)c1c(F)cccc1F. The van der Waals surface area contributed by atoms with Crippen LogP contribution in [0.3, 0.4) is 0 Å². The maximum absolute atomic E-state index is 13.7. The summed E-state index contributed by atoms with van der Waals surface area (Å²) in [6.07, 6.45) is 1.49. The number of rotatable bonds is 6. The van der Waals surface area contributed by atoms with Crippen molar-refractivity contribution in [3.05, 3.63) is 76.4 Å². The zero-order valence-electron chi connectivity index (χ0n) is 12.3. The Morgan fingerprint density at radius 1 is 1.08 bits per heavy atom. The lowest BCUT2D eigenvalue weighted by Gasteiger charge is -2.15. The number of hydrogen-bond acceptors (Lipinski definition) is 4. The smallest absolute Gasteiger partial charge is 0.246 e. The summed E-state index contributed by atoms with van der Waals surface area (Å²) in [5.41, 5.74) is 0. The molecule has 2 heterocycles. The fraction of sp³-hybridized carbons (Fsp3) is 0.125. The predicted octanol–water partition coefficient (Wildman–Crippen LogP) is 3.73. The molecule has 0 spiro atoms. The lowest BCUT2D eigenvalue weighted by Crippen LogP contribution is -2.30. The molecule has 1 N–H and O–H groups in total. The molecule has 0 aliphatic heterocycles. The summed E-state index contributed by atoms with van der Waals surface area (Å²) in [6.45, 7) is -0.0792. The predicted molar refractivity (Wildman–Crippen MR) is 86.4 cm³/mol. The maximum atomic E-state index is 13.7. The highest BCUT2D eigenvalue weighted by molar-refractivity contribution is 7.89. The lowest BCUT2D eigenvalue weighted by molar-refractivity contribution is 0.480. The number of hydrogen-bond donors (Lipinski definition) is 1. The van der Waals surface area contributed by atoms with E-state index < -0.39 is 26.6 Å². The van der Waals surface area contributed by atoms with Crippen LogP contribution in [0.1, 0.15) is 16.6 Å². The minimum Gasteiger partial charge on any atom is -0.469 e. The maximum Gasteiger partial charge on any atom is 0.246 e. The van der Waals surface area contributed by atoms with Crippen LogP contribution in [0.5, 0.6) is 0 Å². The Kier molecular flexibility index (Phi) is 4.79. The van der Waals surface area contributed by atoms with Crippen molar-refractivity contribution >= 4 is 21.4 Å². The van der Waals surface area contributed by atoms with Gasteiger partial charge in [-0.15, -0.1) is 11.3 Å². The molecule has 4 nitrogen and oxygen atoms in total. The summed E-state index contributed by atoms with van der Waals surface area (Å²) in [4.78, 5) is -0.101. The van der Waals surface area contributed by atoms with E-state index in [1.54, 1.807) is 12.1 Å². The highest BCUT2D eigenvalue weighted by atomic mass is 32.2. The zero-order chi connectivity index (χ0) is 17.2. The molecule has 126 valence electrons. The molecule has 24 heavy (non-hydrogen) atoms. The molecule has 0 unspecified atom stereocenters. The van der Waals surface area contributed by atoms with Crippen LogP contribution in [0.4, 0.5) is 8.78 Å². The van der Waals surface area contributed by atoms with Crippen LogP contribution in [-0.4, -0.2) is 15.0 Å². The molecule has 3 rings (SSSR count). The van der Waals surface area contributed by atoms with E-state index in [1.165, 1.54) is 17.6 Å². The van der Waals surface area contributed by atoms with Crippen molar-refractivity contribution in [1.29, 1.82) is 0 Å². The van der Waals surface area contributed by atoms with E-state index in [2.05, 4.69) is 4.72 Å². The van der Waals surface area contributed by atoms with E-state index in [0.29, 0.717) is 5.76 Å². The molecular formula is C16H13F2NO3S2. The molecule has 0 fully saturated rings. The molecule has 0 radical (unpaired) electrons. The van der Waals surface area contributed by atoms with E-state index in [4.69, 9.17) is 4.42 Å². The third kappa shape index (κ3) is 3.40. The summed E-state index contributed by atoms with van der Waals surface area (Å²) in [5.74, 6) is -2.08. The van der Waals surface area contributed by atoms with Gasteiger partial charge in [0.25, 0.3) is 0 Å². The largest absolute Gasteiger partial charge is 0.469 e. The van der Waals surface area contributed by atoms with E-state index in [-0.39, 0.29) is 12.5 Å². The van der Waals surface area contributed by atoms with Crippen molar-refractivity contribution in [2.75, 3.05) is 6.54 Å². The van der Waals surface area contributed by atoms with Crippen LogP contribution in [0, 0.1) is 11.6 Å². The van der Waals surface area contributed by atoms with Gasteiger partial charge in [0.2, 0.25) is 10.0 Å². The normalized spacial score (nSPS) is 13.1. The van der Waals surface area contributed by atoms with Crippen LogP contribution in [0.15, 0.2) is 63.4 Å². The van der Waals surface area contributed by atoms with Gasteiger partial charge in [0.05, 0.1) is 12.2 Å². The standard InChI is InChI=1S/C16H13F2NO3S2/c17-12-4-1-5-13(18)16(12)24(20,21)19-10-11(14-6-2-8-22-14)15-7-3-9-23-15/h1-9,11,19H,10H2/t11-/m1/s1. The first-order chi connectivity index (χ1) is 11.5. The topological polar surface area (TPSA) is 59.3 Å². The Balaban J connectivity index is 1.87. The number of sulfonamides is 1. The van der Waals surface area contributed by atoms with Crippen molar-refractivity contribution in [1.82, 2.24) is 4.72 Å². The highest BCUT2D eigenvalue weighted by Gasteiger charge is 2.26. The second kappa shape index (κ2) is 6.84. The van der Waals surface area contributed by atoms with Gasteiger partial charge in [-0.25, -0.2) is 21.9 Å². The number of nitrogens with one attached hydrogen (secondary N) is 1. The van der Waals surface area contributed by atoms with E-state index in [9.17, 15) is 17.2 Å². The third-order valence-electron chi connectivity index (χ3n) is 3.44. The molecule has 0 saturated carbocycles. The van der Waals surface area contributed by atoms with Crippen molar-refractivity contribution in [2.24, 2.45) is 0 Å². The second-order valence-electron chi connectivity index (χ2n) is 4.99. The number of furan rings is 1. The molecule has 0 aliphatic rings. The Morgan fingerprint density at radius 3 is 2.42 bits per heavy atom. The van der Waals surface area contributed by atoms with Gasteiger partial charge in [0.15, 0.2) is 4.90 Å². The van der Waals surface area contributed by atoms with Crippen molar-refractivity contribution in [3.63, 3.8) is 0 Å². The van der Waals surface area contributed by atoms with Gasteiger partial charge in [-0.3, -0.25) is 0 Å². The van der Waals surface area contributed by atoms with Crippen molar-refractivity contribution in [3.8, 4) is 0 Å². The Bertz CT molecular complexity index is 852. The van der Waals surface area contributed by atoms with Gasteiger partial charge < -0.3 is 4.42 Å². The van der Waals surface area contributed by atoms with Gasteiger partial charge in [-0.05, 0) is 35.7 Å². The van der Waals surface area contributed by atoms with Crippen molar-refractivity contribution < 1.29 is 21.6 Å². The first kappa shape index (κ1) is 16.8. The van der Waals surface area contributed by atoms with E-state index >= 15 is 0 Å². The van der Waals surface area contributed by atoms with Gasteiger partial charge in [-0.1, -0.05) is 12.1 Å². The van der Waals surface area contributed by atoms with Crippen molar-refractivity contribution in [2.45, 2.75) is 10.8 Å². The average molecular weight is 369 g/mol. The monoisotopic (exact) mass is 369 g/mol. The van der Waals surface area contributed by atoms with Gasteiger partial charge >= 0.3 is 0 Å². The Hall–Kier alpha value is -2.03. The first-order valence-electron chi connectivity index (χ1n) is 6.99. The average Bonchev–Trinajstić information content (AvgIpc) is 3.20. The zero-order valence-corrected chi connectivity index (χ0v) is 13.9. The van der Waals surface area contributed by atoms with E-state index in [1.807, 2.05) is 17.5 Å². The minimum absolute atomic E-state index is 0.0792. The fourth-order valence-electron chi connectivity index (χ4n) is 2.32. The third-order valence-corrected chi connectivity index (χ3v) is 5.90. The molecular weight excluding hydrogens is 356 g/mol. The first-order valence-corrected chi connectivity index (χ1v) is 9.36. The van der Waals surface area contributed by atoms with Gasteiger partial charge in [0, 0.05) is 11.4 Å². The minimum atomic E-state index is -4.34. The second-order valence-corrected chi connectivity index (χ2v) is 7.67. The van der Waals surface area contributed by atoms with Crippen LogP contribution < -0.4 is 4.72 Å². The van der Waals surface area contributed by atoms with Crippen LogP contribution in [0.2, 0.25) is 0 Å². The summed E-state index contributed by atoms with van der Waals surface area (Å²) in [7, 11) is -4.34. The highest BCUT2D eigenvalue weighted by Crippen LogP contribution is 2.29. The molecule has 1 atom stereocenters. The molecule has 3 aromatic rings. The quantitative estimate of drug-likeness (QED) is 0.720. The summed E-state index contributed by atoms with van der Waals surface area (Å²) in [5, 5.41) is 1.86. The van der Waals surface area contributed by atoms with Gasteiger partial charge in [-0.2, -0.15) is 0 Å². The molecule has 0 bridgehead atoms. The molecule has 0 saturated heterocycles. The molecule has 0 amide bonds. The Labute approximate surface area is 141 Å². The summed E-state index contributed by atoms with van der Waals surface area (Å²) >= 11 is 1.44. The molecule has 2 aromatic heterocycles. The van der Waals surface area contributed by atoms with Crippen LogP contribution >= 0.6 is 11.3 Å². The summed E-state index contributed by atoms with van der Waals surface area (Å²) in [6, 6.07) is 10.0. The number of benzene rings is 1. The molecule has 0 aliphatic carbocycles. The lowest BCUT2D eigenvalue weighted by atomic mass is 10.1. The van der Waals surface area contributed by atoms with Gasteiger partial charge in [0.1, 0.15) is 17.4 Å². The van der Waals surface area contributed by atoms with Crippen LogP contribution in [-0.2, 0) is 10.0 Å². The summed E-state index contributed by atoms with van der Waals surface area (Å²) < 4.78 is 59.7. The fourth-order valence-corrected chi connectivity index (χ4v) is 4.34. The molecule has 8 heteroatoms. The molecule has 1 aromatic carbocycles. The van der Waals surface area contributed by atoms with E-state index in [0.717, 1.165) is 23.1 Å².